The molecule has 0 bridgehead atoms. The van der Waals surface area contributed by atoms with Crippen LogP contribution in [0.4, 0.5) is 0 Å². The van der Waals surface area contributed by atoms with Gasteiger partial charge in [-0.3, -0.25) is 10.5 Å². The van der Waals surface area contributed by atoms with Crippen molar-refractivity contribution in [3.05, 3.63) is 0 Å². The molecule has 2 heteroatoms. The molecule has 0 aliphatic rings. The van der Waals surface area contributed by atoms with E-state index in [0.29, 0.717) is 12.8 Å². The summed E-state index contributed by atoms with van der Waals surface area (Å²) in [5.74, 6) is 0.242. The van der Waals surface area contributed by atoms with E-state index in [2.05, 4.69) is 6.92 Å². The van der Waals surface area contributed by atoms with E-state index in [-0.39, 0.29) is 12.3 Å². The van der Waals surface area contributed by atoms with Gasteiger partial charge in [-0.05, 0) is 6.42 Å². The Morgan fingerprint density at radius 3 is 2.56 bits per heavy atom. The van der Waals surface area contributed by atoms with Crippen molar-refractivity contribution in [1.82, 2.24) is 5.73 Å². The number of carbonyl (C=O) groups is 1. The third kappa shape index (κ3) is 5.50. The van der Waals surface area contributed by atoms with E-state index >= 15 is 0 Å². The van der Waals surface area contributed by atoms with E-state index in [1.807, 2.05) is 0 Å². The standard InChI is InChI=1S/C7H14NO/c1-2-3-4-7(9)5-6-8/h8H,2-6H2,1H3. The molecule has 0 amide bonds. The number of hydrogen-bond acceptors (Lipinski definition) is 1. The highest BCUT2D eigenvalue weighted by molar-refractivity contribution is 5.78. The van der Waals surface area contributed by atoms with Crippen molar-refractivity contribution < 1.29 is 4.79 Å². The first-order valence-electron chi connectivity index (χ1n) is 3.47. The van der Waals surface area contributed by atoms with Crippen LogP contribution in [0.15, 0.2) is 0 Å². The first-order chi connectivity index (χ1) is 4.31. The molecule has 0 atom stereocenters. The maximum Gasteiger partial charge on any atom is 0.134 e. The lowest BCUT2D eigenvalue weighted by atomic mass is 10.1. The van der Waals surface area contributed by atoms with Crippen LogP contribution >= 0.6 is 0 Å². The zero-order chi connectivity index (χ0) is 7.11. The molecular formula is C7H14NO. The summed E-state index contributed by atoms with van der Waals surface area (Å²) in [6.07, 6.45) is 3.18. The molecular weight excluding hydrogens is 114 g/mol. The molecule has 0 aromatic rings. The molecule has 53 valence electrons. The SMILES string of the molecule is CCCCC(=O)CC[NH]. The highest BCUT2D eigenvalue weighted by Crippen LogP contribution is 1.96. The molecule has 0 aliphatic carbocycles. The van der Waals surface area contributed by atoms with Crippen LogP contribution in [0.1, 0.15) is 32.6 Å². The van der Waals surface area contributed by atoms with Gasteiger partial charge in [-0.1, -0.05) is 13.3 Å². The van der Waals surface area contributed by atoms with Crippen molar-refractivity contribution in [2.75, 3.05) is 6.54 Å². The molecule has 0 saturated carbocycles. The minimum absolute atomic E-state index is 0.242. The predicted molar refractivity (Wildman–Crippen MR) is 37.1 cm³/mol. The average molecular weight is 128 g/mol. The second-order valence-electron chi connectivity index (χ2n) is 2.14. The summed E-state index contributed by atoms with van der Waals surface area (Å²) < 4.78 is 0. The van der Waals surface area contributed by atoms with Gasteiger partial charge in [-0.15, -0.1) is 0 Å². The van der Waals surface area contributed by atoms with Gasteiger partial charge in [-0.25, -0.2) is 0 Å². The maximum atomic E-state index is 10.7. The van der Waals surface area contributed by atoms with E-state index in [4.69, 9.17) is 5.73 Å². The lowest BCUT2D eigenvalue weighted by Crippen LogP contribution is -2.00. The Balaban J connectivity index is 3.06. The molecule has 0 fully saturated rings. The number of Topliss-reactive ketones (excluding diaryl/α,β-unsaturated/α-hetero) is 1. The first-order valence-corrected chi connectivity index (χ1v) is 3.47. The predicted octanol–water partition coefficient (Wildman–Crippen LogP) is 1.42. The number of unbranched alkanes of at least 4 members (excludes halogenated alkanes) is 1. The average Bonchev–Trinajstić information content (AvgIpc) is 1.85. The molecule has 0 rings (SSSR count). The third-order valence-corrected chi connectivity index (χ3v) is 1.21. The van der Waals surface area contributed by atoms with Crippen molar-refractivity contribution in [2.45, 2.75) is 32.6 Å². The summed E-state index contributed by atoms with van der Waals surface area (Å²) in [5, 5.41) is 0. The molecule has 2 nitrogen and oxygen atoms in total. The molecule has 0 aromatic heterocycles. The van der Waals surface area contributed by atoms with Crippen molar-refractivity contribution in [1.29, 1.82) is 0 Å². The number of hydrogen-bond donors (Lipinski definition) is 0. The largest absolute Gasteiger partial charge is 0.300 e. The fourth-order valence-corrected chi connectivity index (χ4v) is 0.638. The number of nitrogens with one attached hydrogen (secondary N) is 1. The summed E-state index contributed by atoms with van der Waals surface area (Å²) in [5.41, 5.74) is 6.75. The Morgan fingerprint density at radius 1 is 1.44 bits per heavy atom. The monoisotopic (exact) mass is 128 g/mol. The Hall–Kier alpha value is -0.370. The lowest BCUT2D eigenvalue weighted by molar-refractivity contribution is -0.119. The van der Waals surface area contributed by atoms with E-state index in [1.54, 1.807) is 0 Å². The molecule has 0 heterocycles. The highest BCUT2D eigenvalue weighted by Gasteiger charge is 1.97. The second kappa shape index (κ2) is 5.76. The highest BCUT2D eigenvalue weighted by atomic mass is 16.1. The molecule has 0 spiro atoms. The fraction of sp³-hybridized carbons (Fsp3) is 0.857. The zero-order valence-electron chi connectivity index (χ0n) is 5.94. The van der Waals surface area contributed by atoms with Crippen LogP contribution in [-0.4, -0.2) is 12.3 Å². The number of rotatable bonds is 5. The molecule has 0 aromatic carbocycles. The Morgan fingerprint density at radius 2 is 2.11 bits per heavy atom. The summed E-state index contributed by atoms with van der Waals surface area (Å²) in [7, 11) is 0. The fourth-order valence-electron chi connectivity index (χ4n) is 0.638. The normalized spacial score (nSPS) is 9.56. The van der Waals surface area contributed by atoms with E-state index in [1.165, 1.54) is 0 Å². The van der Waals surface area contributed by atoms with Gasteiger partial charge in [-0.2, -0.15) is 0 Å². The van der Waals surface area contributed by atoms with Crippen molar-refractivity contribution in [3.8, 4) is 0 Å². The third-order valence-electron chi connectivity index (χ3n) is 1.21. The topological polar surface area (TPSA) is 40.9 Å². The van der Waals surface area contributed by atoms with Crippen LogP contribution < -0.4 is 5.73 Å². The Bertz CT molecular complexity index is 81.0. The van der Waals surface area contributed by atoms with Gasteiger partial charge in [0, 0.05) is 19.4 Å². The van der Waals surface area contributed by atoms with Gasteiger partial charge < -0.3 is 0 Å². The molecule has 0 unspecified atom stereocenters. The van der Waals surface area contributed by atoms with Crippen molar-refractivity contribution in [3.63, 3.8) is 0 Å². The molecule has 1 radical (unpaired) electrons. The number of ketones is 1. The van der Waals surface area contributed by atoms with Crippen LogP contribution in [0.2, 0.25) is 0 Å². The maximum absolute atomic E-state index is 10.7. The van der Waals surface area contributed by atoms with Crippen molar-refractivity contribution in [2.24, 2.45) is 0 Å². The van der Waals surface area contributed by atoms with Gasteiger partial charge >= 0.3 is 0 Å². The van der Waals surface area contributed by atoms with Gasteiger partial charge in [0.25, 0.3) is 0 Å². The van der Waals surface area contributed by atoms with E-state index < -0.39 is 0 Å². The minimum atomic E-state index is 0.242. The Kier molecular flexibility index (Phi) is 5.52. The molecule has 9 heavy (non-hydrogen) atoms. The van der Waals surface area contributed by atoms with Gasteiger partial charge in [0.2, 0.25) is 0 Å². The van der Waals surface area contributed by atoms with E-state index in [0.717, 1.165) is 12.8 Å². The number of carbonyl (C=O) groups excluding carboxylic acids is 1. The van der Waals surface area contributed by atoms with Crippen LogP contribution in [0.5, 0.6) is 0 Å². The quantitative estimate of drug-likeness (QED) is 0.552. The lowest BCUT2D eigenvalue weighted by Gasteiger charge is -1.93. The first kappa shape index (κ1) is 8.63. The zero-order valence-corrected chi connectivity index (χ0v) is 5.94. The Labute approximate surface area is 56.4 Å². The van der Waals surface area contributed by atoms with Gasteiger partial charge in [0.1, 0.15) is 5.78 Å². The van der Waals surface area contributed by atoms with Gasteiger partial charge in [0.15, 0.2) is 0 Å². The van der Waals surface area contributed by atoms with Crippen molar-refractivity contribution >= 4 is 5.78 Å². The molecule has 0 saturated heterocycles. The van der Waals surface area contributed by atoms with Crippen LogP contribution in [0, 0.1) is 0 Å². The minimum Gasteiger partial charge on any atom is -0.300 e. The second-order valence-corrected chi connectivity index (χ2v) is 2.14. The summed E-state index contributed by atoms with van der Waals surface area (Å²) in [6, 6.07) is 0. The summed E-state index contributed by atoms with van der Waals surface area (Å²) in [6.45, 7) is 2.32. The molecule has 0 aliphatic heterocycles. The summed E-state index contributed by atoms with van der Waals surface area (Å²) >= 11 is 0. The summed E-state index contributed by atoms with van der Waals surface area (Å²) in [4.78, 5) is 10.7. The van der Waals surface area contributed by atoms with Crippen LogP contribution in [0.25, 0.3) is 0 Å². The molecule has 1 N–H and O–H groups in total. The van der Waals surface area contributed by atoms with E-state index in [9.17, 15) is 4.79 Å². The van der Waals surface area contributed by atoms with Gasteiger partial charge in [0.05, 0.1) is 0 Å². The smallest absolute Gasteiger partial charge is 0.134 e. The van der Waals surface area contributed by atoms with Crippen LogP contribution in [-0.2, 0) is 4.79 Å². The van der Waals surface area contributed by atoms with Crippen LogP contribution in [0.3, 0.4) is 0 Å².